The summed E-state index contributed by atoms with van der Waals surface area (Å²) in [5, 5.41) is 6.72. The van der Waals surface area contributed by atoms with Crippen molar-refractivity contribution in [2.75, 3.05) is 0 Å². The molecule has 1 aromatic rings. The second kappa shape index (κ2) is 6.27. The smallest absolute Gasteiger partial charge is 0.268 e. The Kier molecular flexibility index (Phi) is 4.45. The molecule has 0 bridgehead atoms. The lowest BCUT2D eigenvalue weighted by Crippen LogP contribution is -2.38. The third-order valence-electron chi connectivity index (χ3n) is 3.26. The van der Waals surface area contributed by atoms with Gasteiger partial charge in [-0.05, 0) is 25.0 Å². The van der Waals surface area contributed by atoms with E-state index in [1.165, 1.54) is 0 Å². The van der Waals surface area contributed by atoms with Crippen LogP contribution in [0, 0.1) is 6.92 Å². The summed E-state index contributed by atoms with van der Waals surface area (Å²) in [7, 11) is 0. The molecule has 1 aromatic heterocycles. The molecule has 2 heterocycles. The van der Waals surface area contributed by atoms with Crippen LogP contribution in [0.15, 0.2) is 23.4 Å². The highest BCUT2D eigenvalue weighted by Gasteiger charge is 2.22. The number of aryl methyl sites for hydroxylation is 1. The molecule has 2 N–H and O–H groups in total. The summed E-state index contributed by atoms with van der Waals surface area (Å²) in [6.45, 7) is 3.96. The summed E-state index contributed by atoms with van der Waals surface area (Å²) in [6, 6.07) is 3.69. The van der Waals surface area contributed by atoms with Crippen LogP contribution in [0.1, 0.15) is 43.5 Å². The number of carbonyl (C=O) groups is 2. The van der Waals surface area contributed by atoms with Crippen molar-refractivity contribution >= 4 is 17.5 Å². The van der Waals surface area contributed by atoms with Gasteiger partial charge < -0.3 is 5.32 Å². The molecule has 106 valence electrons. The Morgan fingerprint density at radius 1 is 1.50 bits per heavy atom. The van der Waals surface area contributed by atoms with Gasteiger partial charge >= 0.3 is 0 Å². The predicted octanol–water partition coefficient (Wildman–Crippen LogP) is 1.22. The molecule has 0 aliphatic carbocycles. The molecule has 20 heavy (non-hydrogen) atoms. The molecule has 0 fully saturated rings. The van der Waals surface area contributed by atoms with Crippen molar-refractivity contribution in [2.45, 2.75) is 39.2 Å². The van der Waals surface area contributed by atoms with E-state index in [0.717, 1.165) is 17.7 Å². The fourth-order valence-electron chi connectivity index (χ4n) is 2.11. The second-order valence-corrected chi connectivity index (χ2v) is 4.73. The first-order chi connectivity index (χ1) is 9.61. The molecule has 0 radical (unpaired) electrons. The summed E-state index contributed by atoms with van der Waals surface area (Å²) in [5.41, 5.74) is 4.59. The van der Waals surface area contributed by atoms with Crippen molar-refractivity contribution in [1.82, 2.24) is 15.7 Å². The SMILES string of the molecule is CC[C@H](NC(=O)C1=NNC(=O)CC1)c1ncccc1C. The molecule has 0 unspecified atom stereocenters. The molecule has 2 amide bonds. The van der Waals surface area contributed by atoms with Crippen LogP contribution >= 0.6 is 0 Å². The van der Waals surface area contributed by atoms with Crippen LogP contribution < -0.4 is 10.7 Å². The molecule has 0 saturated carbocycles. The van der Waals surface area contributed by atoms with Crippen molar-refractivity contribution in [3.63, 3.8) is 0 Å². The van der Waals surface area contributed by atoms with Crippen LogP contribution in [0.25, 0.3) is 0 Å². The van der Waals surface area contributed by atoms with Crippen LogP contribution in [0.5, 0.6) is 0 Å². The zero-order valence-electron chi connectivity index (χ0n) is 11.6. The quantitative estimate of drug-likeness (QED) is 0.866. The average molecular weight is 274 g/mol. The summed E-state index contributed by atoms with van der Waals surface area (Å²) < 4.78 is 0. The van der Waals surface area contributed by atoms with Gasteiger partial charge in [0.2, 0.25) is 5.91 Å². The van der Waals surface area contributed by atoms with Gasteiger partial charge in [0.05, 0.1) is 11.7 Å². The van der Waals surface area contributed by atoms with E-state index >= 15 is 0 Å². The van der Waals surface area contributed by atoms with Crippen molar-refractivity contribution in [2.24, 2.45) is 5.10 Å². The lowest BCUT2D eigenvalue weighted by atomic mass is 10.0. The van der Waals surface area contributed by atoms with E-state index in [1.54, 1.807) is 6.20 Å². The van der Waals surface area contributed by atoms with E-state index in [9.17, 15) is 9.59 Å². The van der Waals surface area contributed by atoms with Crippen LogP contribution in [0.2, 0.25) is 0 Å². The van der Waals surface area contributed by atoms with E-state index in [-0.39, 0.29) is 17.9 Å². The fraction of sp³-hybridized carbons (Fsp3) is 0.429. The predicted molar refractivity (Wildman–Crippen MR) is 75.0 cm³/mol. The Labute approximate surface area is 117 Å². The summed E-state index contributed by atoms with van der Waals surface area (Å²) in [4.78, 5) is 27.5. The second-order valence-electron chi connectivity index (χ2n) is 4.73. The van der Waals surface area contributed by atoms with Crippen molar-refractivity contribution in [1.29, 1.82) is 0 Å². The Morgan fingerprint density at radius 3 is 2.90 bits per heavy atom. The Morgan fingerprint density at radius 2 is 2.30 bits per heavy atom. The molecule has 2 rings (SSSR count). The van der Waals surface area contributed by atoms with Crippen molar-refractivity contribution in [3.05, 3.63) is 29.6 Å². The van der Waals surface area contributed by atoms with Gasteiger partial charge in [0.25, 0.3) is 5.91 Å². The molecule has 6 nitrogen and oxygen atoms in total. The number of aromatic nitrogens is 1. The molecular formula is C14H18N4O2. The van der Waals surface area contributed by atoms with E-state index in [4.69, 9.17) is 0 Å². The van der Waals surface area contributed by atoms with Gasteiger partial charge in [-0.2, -0.15) is 5.10 Å². The summed E-state index contributed by atoms with van der Waals surface area (Å²) in [6.07, 6.45) is 3.12. The Balaban J connectivity index is 2.09. The molecule has 0 saturated heterocycles. The largest absolute Gasteiger partial charge is 0.343 e. The van der Waals surface area contributed by atoms with Gasteiger partial charge in [-0.15, -0.1) is 0 Å². The maximum absolute atomic E-state index is 12.1. The Bertz CT molecular complexity index is 554. The van der Waals surface area contributed by atoms with Gasteiger partial charge in [-0.25, -0.2) is 5.43 Å². The van der Waals surface area contributed by atoms with Crippen LogP contribution in [-0.4, -0.2) is 22.5 Å². The highest BCUT2D eigenvalue weighted by Crippen LogP contribution is 2.18. The maximum Gasteiger partial charge on any atom is 0.268 e. The number of nitrogens with one attached hydrogen (secondary N) is 2. The fourth-order valence-corrected chi connectivity index (χ4v) is 2.11. The van der Waals surface area contributed by atoms with Gasteiger partial charge in [0, 0.05) is 19.0 Å². The highest BCUT2D eigenvalue weighted by molar-refractivity contribution is 6.39. The van der Waals surface area contributed by atoms with Gasteiger partial charge in [0.1, 0.15) is 5.71 Å². The lowest BCUT2D eigenvalue weighted by Gasteiger charge is -2.19. The lowest BCUT2D eigenvalue weighted by molar-refractivity contribution is -0.121. The zero-order chi connectivity index (χ0) is 14.5. The number of carbonyl (C=O) groups excluding carboxylic acids is 2. The van der Waals surface area contributed by atoms with Crippen molar-refractivity contribution in [3.8, 4) is 0 Å². The van der Waals surface area contributed by atoms with E-state index in [2.05, 4.69) is 20.8 Å². The molecule has 0 aromatic carbocycles. The molecule has 0 spiro atoms. The minimum Gasteiger partial charge on any atom is -0.343 e. The minimum atomic E-state index is -0.248. The highest BCUT2D eigenvalue weighted by atomic mass is 16.2. The number of rotatable bonds is 4. The summed E-state index contributed by atoms with van der Waals surface area (Å²) in [5.74, 6) is -0.406. The number of amides is 2. The number of pyridine rings is 1. The van der Waals surface area contributed by atoms with Crippen molar-refractivity contribution < 1.29 is 9.59 Å². The molecule has 1 aliphatic rings. The van der Waals surface area contributed by atoms with Gasteiger partial charge in [-0.3, -0.25) is 14.6 Å². The normalized spacial score (nSPS) is 16.1. The standard InChI is InChI=1S/C14H18N4O2/c1-3-10(13-9(2)5-4-8-15-13)16-14(20)11-6-7-12(19)18-17-11/h4-5,8,10H,3,6-7H2,1-2H3,(H,16,20)(H,18,19)/t10-/m0/s1. The molecule has 6 heteroatoms. The van der Waals surface area contributed by atoms with E-state index in [0.29, 0.717) is 18.6 Å². The Hall–Kier alpha value is -2.24. The van der Waals surface area contributed by atoms with Crippen LogP contribution in [0.4, 0.5) is 0 Å². The number of hydrogen-bond donors (Lipinski definition) is 2. The number of hydrazone groups is 1. The third kappa shape index (κ3) is 3.20. The van der Waals surface area contributed by atoms with Gasteiger partial charge in [0.15, 0.2) is 0 Å². The topological polar surface area (TPSA) is 83.5 Å². The van der Waals surface area contributed by atoms with Gasteiger partial charge in [-0.1, -0.05) is 13.0 Å². The first kappa shape index (κ1) is 14.2. The average Bonchev–Trinajstić information content (AvgIpc) is 2.46. The molecule has 1 aliphatic heterocycles. The summed E-state index contributed by atoms with van der Waals surface area (Å²) >= 11 is 0. The van der Waals surface area contributed by atoms with Crippen LogP contribution in [0.3, 0.4) is 0 Å². The first-order valence-corrected chi connectivity index (χ1v) is 6.69. The maximum atomic E-state index is 12.1. The monoisotopic (exact) mass is 274 g/mol. The minimum absolute atomic E-state index is 0.149. The number of hydrogen-bond acceptors (Lipinski definition) is 4. The first-order valence-electron chi connectivity index (χ1n) is 6.69. The number of nitrogens with zero attached hydrogens (tertiary/aromatic N) is 2. The molecule has 1 atom stereocenters. The zero-order valence-corrected chi connectivity index (χ0v) is 11.6. The van der Waals surface area contributed by atoms with E-state index < -0.39 is 0 Å². The van der Waals surface area contributed by atoms with Crippen LogP contribution in [-0.2, 0) is 9.59 Å². The third-order valence-corrected chi connectivity index (χ3v) is 3.26. The molecular weight excluding hydrogens is 256 g/mol. The van der Waals surface area contributed by atoms with E-state index in [1.807, 2.05) is 26.0 Å².